The molecule has 0 spiro atoms. The van der Waals surface area contributed by atoms with Crippen LogP contribution in [0.25, 0.3) is 5.65 Å². The number of nitrogens with zero attached hydrogens (tertiary/aromatic N) is 4. The van der Waals surface area contributed by atoms with Gasteiger partial charge in [-0.2, -0.15) is 0 Å². The number of rotatable bonds is 3. The molecule has 7 heteroatoms. The van der Waals surface area contributed by atoms with Gasteiger partial charge >= 0.3 is 0 Å². The van der Waals surface area contributed by atoms with Crippen LogP contribution in [0.4, 0.5) is 0 Å². The van der Waals surface area contributed by atoms with Crippen molar-refractivity contribution in [3.8, 4) is 0 Å². The standard InChI is InChI=1S/C16H19N5OS/c1-10-6-5-7-21-12(22)8-11(17-13(10)21)9-23-15-18-14(19-20-15)16(2,3)4/h5-8H,9H2,1-4H3,(H,18,19,20). The molecular weight excluding hydrogens is 310 g/mol. The molecule has 0 atom stereocenters. The number of thioether (sulfide) groups is 1. The summed E-state index contributed by atoms with van der Waals surface area (Å²) >= 11 is 1.47. The summed E-state index contributed by atoms with van der Waals surface area (Å²) in [5.74, 6) is 1.41. The maximum atomic E-state index is 12.2. The minimum atomic E-state index is -0.0698. The molecule has 0 fully saturated rings. The van der Waals surface area contributed by atoms with E-state index in [1.165, 1.54) is 11.8 Å². The van der Waals surface area contributed by atoms with Gasteiger partial charge < -0.3 is 0 Å². The van der Waals surface area contributed by atoms with E-state index in [2.05, 4.69) is 40.9 Å². The van der Waals surface area contributed by atoms with Crippen molar-refractivity contribution in [1.29, 1.82) is 0 Å². The van der Waals surface area contributed by atoms with Crippen LogP contribution in [0.2, 0.25) is 0 Å². The molecule has 0 radical (unpaired) electrons. The molecule has 120 valence electrons. The SMILES string of the molecule is Cc1cccn2c(=O)cc(CSc3n[nH]c(C(C)(C)C)n3)nc12. The van der Waals surface area contributed by atoms with Gasteiger partial charge in [0, 0.05) is 23.4 Å². The molecule has 0 saturated carbocycles. The van der Waals surface area contributed by atoms with Crippen LogP contribution in [-0.2, 0) is 11.2 Å². The van der Waals surface area contributed by atoms with Gasteiger partial charge in [0.25, 0.3) is 5.56 Å². The summed E-state index contributed by atoms with van der Waals surface area (Å²) in [6.45, 7) is 8.19. The Morgan fingerprint density at radius 2 is 2.09 bits per heavy atom. The van der Waals surface area contributed by atoms with E-state index in [1.54, 1.807) is 16.7 Å². The molecule has 0 aromatic carbocycles. The Balaban J connectivity index is 1.84. The van der Waals surface area contributed by atoms with E-state index >= 15 is 0 Å². The lowest BCUT2D eigenvalue weighted by Gasteiger charge is -2.12. The van der Waals surface area contributed by atoms with Gasteiger partial charge in [-0.15, -0.1) is 5.10 Å². The highest BCUT2D eigenvalue weighted by Gasteiger charge is 2.18. The number of nitrogens with one attached hydrogen (secondary N) is 1. The van der Waals surface area contributed by atoms with Crippen LogP contribution in [0, 0.1) is 6.92 Å². The highest BCUT2D eigenvalue weighted by molar-refractivity contribution is 7.98. The van der Waals surface area contributed by atoms with Crippen molar-refractivity contribution in [2.24, 2.45) is 0 Å². The quantitative estimate of drug-likeness (QED) is 0.748. The fraction of sp³-hybridized carbons (Fsp3) is 0.375. The normalized spacial score (nSPS) is 12.0. The second-order valence-corrected chi connectivity index (χ2v) is 7.42. The average Bonchev–Trinajstić information content (AvgIpc) is 2.95. The van der Waals surface area contributed by atoms with E-state index in [0.717, 1.165) is 17.1 Å². The number of aryl methyl sites for hydroxylation is 1. The molecule has 0 bridgehead atoms. The van der Waals surface area contributed by atoms with Gasteiger partial charge in [0.1, 0.15) is 11.5 Å². The second kappa shape index (κ2) is 5.81. The van der Waals surface area contributed by atoms with Gasteiger partial charge in [0.05, 0.1) is 5.69 Å². The van der Waals surface area contributed by atoms with Crippen LogP contribution in [0.5, 0.6) is 0 Å². The van der Waals surface area contributed by atoms with Crippen LogP contribution in [0.1, 0.15) is 37.9 Å². The van der Waals surface area contributed by atoms with E-state index in [-0.39, 0.29) is 11.0 Å². The summed E-state index contributed by atoms with van der Waals surface area (Å²) < 4.78 is 1.56. The summed E-state index contributed by atoms with van der Waals surface area (Å²) in [7, 11) is 0. The minimum Gasteiger partial charge on any atom is -0.269 e. The third-order valence-corrected chi connectivity index (χ3v) is 4.34. The summed E-state index contributed by atoms with van der Waals surface area (Å²) in [4.78, 5) is 21.2. The Hall–Kier alpha value is -2.15. The van der Waals surface area contributed by atoms with Gasteiger partial charge in [0.15, 0.2) is 0 Å². The first-order valence-electron chi connectivity index (χ1n) is 7.38. The third-order valence-electron chi connectivity index (χ3n) is 3.46. The number of hydrogen-bond acceptors (Lipinski definition) is 5. The number of H-pyrrole nitrogens is 1. The molecule has 6 nitrogen and oxygen atoms in total. The second-order valence-electron chi connectivity index (χ2n) is 6.48. The van der Waals surface area contributed by atoms with E-state index in [4.69, 9.17) is 0 Å². The first-order chi connectivity index (χ1) is 10.8. The zero-order valence-corrected chi connectivity index (χ0v) is 14.4. The minimum absolute atomic E-state index is 0.0665. The Kier molecular flexibility index (Phi) is 3.97. The third kappa shape index (κ3) is 3.29. The van der Waals surface area contributed by atoms with Gasteiger partial charge in [-0.3, -0.25) is 14.3 Å². The number of pyridine rings is 1. The van der Waals surface area contributed by atoms with E-state index < -0.39 is 0 Å². The summed E-state index contributed by atoms with van der Waals surface area (Å²) in [6, 6.07) is 5.36. The van der Waals surface area contributed by atoms with Crippen molar-refractivity contribution in [2.45, 2.75) is 44.0 Å². The summed E-state index contributed by atoms with van der Waals surface area (Å²) in [5.41, 5.74) is 2.27. The fourth-order valence-electron chi connectivity index (χ4n) is 2.17. The Morgan fingerprint density at radius 3 is 2.78 bits per heavy atom. The van der Waals surface area contributed by atoms with Gasteiger partial charge in [0.2, 0.25) is 5.16 Å². The number of hydrogen-bond donors (Lipinski definition) is 1. The van der Waals surface area contributed by atoms with E-state index in [1.807, 2.05) is 19.1 Å². The molecule has 0 aliphatic heterocycles. The zero-order chi connectivity index (χ0) is 16.6. The molecule has 0 aliphatic rings. The van der Waals surface area contributed by atoms with Crippen molar-refractivity contribution in [3.63, 3.8) is 0 Å². The van der Waals surface area contributed by atoms with Crippen LogP contribution >= 0.6 is 11.8 Å². The van der Waals surface area contributed by atoms with Gasteiger partial charge in [-0.1, -0.05) is 38.6 Å². The van der Waals surface area contributed by atoms with Crippen LogP contribution in [0.15, 0.2) is 34.3 Å². The van der Waals surface area contributed by atoms with Crippen molar-refractivity contribution in [2.75, 3.05) is 0 Å². The molecule has 3 aromatic rings. The van der Waals surface area contributed by atoms with Crippen LogP contribution in [-0.4, -0.2) is 24.6 Å². The predicted molar refractivity (Wildman–Crippen MR) is 90.8 cm³/mol. The average molecular weight is 329 g/mol. The van der Waals surface area contributed by atoms with E-state index in [0.29, 0.717) is 16.6 Å². The smallest absolute Gasteiger partial charge is 0.258 e. The Bertz CT molecular complexity index is 907. The van der Waals surface area contributed by atoms with Crippen molar-refractivity contribution >= 4 is 17.4 Å². The maximum Gasteiger partial charge on any atom is 0.258 e. The summed E-state index contributed by atoms with van der Waals surface area (Å²) in [5, 5.41) is 7.85. The molecule has 3 heterocycles. The van der Waals surface area contributed by atoms with Crippen LogP contribution in [0.3, 0.4) is 0 Å². The largest absolute Gasteiger partial charge is 0.269 e. The molecule has 0 amide bonds. The lowest BCUT2D eigenvalue weighted by atomic mass is 9.96. The van der Waals surface area contributed by atoms with Gasteiger partial charge in [-0.25, -0.2) is 9.97 Å². The number of fused-ring (bicyclic) bond motifs is 1. The topological polar surface area (TPSA) is 75.9 Å². The highest BCUT2D eigenvalue weighted by atomic mass is 32.2. The first-order valence-corrected chi connectivity index (χ1v) is 8.37. The summed E-state index contributed by atoms with van der Waals surface area (Å²) in [6.07, 6.45) is 1.74. The van der Waals surface area contributed by atoms with E-state index in [9.17, 15) is 4.79 Å². The van der Waals surface area contributed by atoms with Gasteiger partial charge in [-0.05, 0) is 18.6 Å². The molecule has 0 unspecified atom stereocenters. The Morgan fingerprint density at radius 1 is 1.30 bits per heavy atom. The molecular formula is C16H19N5OS. The van der Waals surface area contributed by atoms with Crippen LogP contribution < -0.4 is 5.56 Å². The molecule has 0 aliphatic carbocycles. The molecule has 1 N–H and O–H groups in total. The fourth-order valence-corrected chi connectivity index (χ4v) is 2.86. The lowest BCUT2D eigenvalue weighted by molar-refractivity contribution is 0.547. The molecule has 3 rings (SSSR count). The van der Waals surface area contributed by atoms with Crippen molar-refractivity contribution in [3.05, 3.63) is 51.8 Å². The number of aromatic nitrogens is 5. The molecule has 23 heavy (non-hydrogen) atoms. The zero-order valence-electron chi connectivity index (χ0n) is 13.6. The lowest BCUT2D eigenvalue weighted by Crippen LogP contribution is -2.15. The highest BCUT2D eigenvalue weighted by Crippen LogP contribution is 2.23. The van der Waals surface area contributed by atoms with Crippen molar-refractivity contribution in [1.82, 2.24) is 24.6 Å². The Labute approximate surface area is 138 Å². The maximum absolute atomic E-state index is 12.2. The monoisotopic (exact) mass is 329 g/mol. The molecule has 0 saturated heterocycles. The first kappa shape index (κ1) is 15.7. The number of aromatic amines is 1. The molecule has 3 aromatic heterocycles. The van der Waals surface area contributed by atoms with Crippen molar-refractivity contribution < 1.29 is 0 Å². The predicted octanol–water partition coefficient (Wildman–Crippen LogP) is 2.71.